The Morgan fingerprint density at radius 1 is 1.20 bits per heavy atom. The third kappa shape index (κ3) is 5.41. The van der Waals surface area contributed by atoms with Crippen molar-refractivity contribution in [1.82, 2.24) is 14.5 Å². The highest BCUT2D eigenvalue weighted by Gasteiger charge is 2.24. The number of amides is 1. The number of piperazine rings is 1. The van der Waals surface area contributed by atoms with Crippen LogP contribution in [0.25, 0.3) is 0 Å². The van der Waals surface area contributed by atoms with Crippen molar-refractivity contribution >= 4 is 15.9 Å². The second kappa shape index (κ2) is 9.63. The molecule has 1 aromatic rings. The topological polar surface area (TPSA) is 93.5 Å². The molecule has 0 bridgehead atoms. The number of rotatable bonds is 6. The van der Waals surface area contributed by atoms with E-state index in [4.69, 9.17) is 0 Å². The van der Waals surface area contributed by atoms with Crippen LogP contribution < -0.4 is 5.32 Å². The Morgan fingerprint density at radius 2 is 1.87 bits per heavy atom. The normalized spacial score (nSPS) is 19.0. The molecule has 1 saturated heterocycles. The Hall–Kier alpha value is -2.37. The van der Waals surface area contributed by atoms with Crippen LogP contribution in [0.2, 0.25) is 0 Å². The molecule has 0 spiro atoms. The lowest BCUT2D eigenvalue weighted by atomic mass is 9.88. The summed E-state index contributed by atoms with van der Waals surface area (Å²) in [6.07, 6.45) is 8.11. The van der Waals surface area contributed by atoms with Crippen molar-refractivity contribution in [1.29, 1.82) is 5.26 Å². The lowest BCUT2D eigenvalue weighted by Crippen LogP contribution is -2.46. The highest BCUT2D eigenvalue weighted by Crippen LogP contribution is 2.26. The molecule has 0 saturated carbocycles. The monoisotopic (exact) mass is 430 g/mol. The van der Waals surface area contributed by atoms with Gasteiger partial charge >= 0.3 is 0 Å². The maximum absolute atomic E-state index is 12.8. The molecule has 1 aliphatic heterocycles. The molecule has 30 heavy (non-hydrogen) atoms. The molecule has 1 aromatic carbocycles. The summed E-state index contributed by atoms with van der Waals surface area (Å²) < 4.78 is 24.7. The SMILES string of the molecule is CCC(NC(=O)/C(C#N)=C\N1CCN(S(C)(=O)=O)CC1)c1ccc2c(c1)CCCC2. The predicted octanol–water partition coefficient (Wildman–Crippen LogP) is 2.12. The number of benzene rings is 1. The summed E-state index contributed by atoms with van der Waals surface area (Å²) >= 11 is 0. The summed E-state index contributed by atoms with van der Waals surface area (Å²) in [5, 5.41) is 12.5. The number of hydrogen-bond acceptors (Lipinski definition) is 5. The molecule has 3 rings (SSSR count). The number of nitrogens with one attached hydrogen (secondary N) is 1. The van der Waals surface area contributed by atoms with Crippen LogP contribution in [0.15, 0.2) is 30.0 Å². The molecule has 2 aliphatic rings. The summed E-state index contributed by atoms with van der Waals surface area (Å²) in [7, 11) is -3.21. The number of nitrogens with zero attached hydrogens (tertiary/aromatic N) is 3. The fourth-order valence-corrected chi connectivity index (χ4v) is 4.94. The van der Waals surface area contributed by atoms with E-state index in [9.17, 15) is 18.5 Å². The lowest BCUT2D eigenvalue weighted by Gasteiger charge is -2.32. The fourth-order valence-electron chi connectivity index (χ4n) is 4.11. The van der Waals surface area contributed by atoms with Crippen LogP contribution in [-0.4, -0.2) is 56.0 Å². The van der Waals surface area contributed by atoms with Gasteiger partial charge in [0.2, 0.25) is 10.0 Å². The fraction of sp³-hybridized carbons (Fsp3) is 0.545. The third-order valence-corrected chi connectivity index (χ3v) is 7.21. The van der Waals surface area contributed by atoms with Gasteiger partial charge in [-0.15, -0.1) is 0 Å². The van der Waals surface area contributed by atoms with Gasteiger partial charge < -0.3 is 10.2 Å². The summed E-state index contributed by atoms with van der Waals surface area (Å²) in [6, 6.07) is 8.29. The molecular weight excluding hydrogens is 400 g/mol. The lowest BCUT2D eigenvalue weighted by molar-refractivity contribution is -0.118. The van der Waals surface area contributed by atoms with Crippen molar-refractivity contribution in [3.8, 4) is 6.07 Å². The smallest absolute Gasteiger partial charge is 0.263 e. The first kappa shape index (κ1) is 22.3. The number of sulfonamides is 1. The first-order valence-electron chi connectivity index (χ1n) is 10.6. The van der Waals surface area contributed by atoms with Crippen LogP contribution in [0.4, 0.5) is 0 Å². The van der Waals surface area contributed by atoms with Crippen molar-refractivity contribution in [3.63, 3.8) is 0 Å². The highest BCUT2D eigenvalue weighted by molar-refractivity contribution is 7.88. The quantitative estimate of drug-likeness (QED) is 0.551. The van der Waals surface area contributed by atoms with Gasteiger partial charge in [-0.3, -0.25) is 4.79 Å². The second-order valence-corrected chi connectivity index (χ2v) is 10.0. The summed E-state index contributed by atoms with van der Waals surface area (Å²) in [4.78, 5) is 14.6. The zero-order valence-electron chi connectivity index (χ0n) is 17.7. The first-order chi connectivity index (χ1) is 14.3. The van der Waals surface area contributed by atoms with E-state index in [-0.39, 0.29) is 11.6 Å². The summed E-state index contributed by atoms with van der Waals surface area (Å²) in [6.45, 7) is 3.62. The number of carbonyl (C=O) groups excluding carboxylic acids is 1. The van der Waals surface area contributed by atoms with E-state index in [2.05, 4.69) is 23.5 Å². The summed E-state index contributed by atoms with van der Waals surface area (Å²) in [5.41, 5.74) is 3.88. The number of aryl methyl sites for hydroxylation is 2. The molecule has 8 heteroatoms. The third-order valence-electron chi connectivity index (χ3n) is 5.91. The van der Waals surface area contributed by atoms with Gasteiger partial charge in [0.15, 0.2) is 0 Å². The Bertz CT molecular complexity index is 957. The Morgan fingerprint density at radius 3 is 2.47 bits per heavy atom. The molecule has 1 heterocycles. The number of carbonyl (C=O) groups is 1. The molecule has 1 unspecified atom stereocenters. The standard InChI is InChI=1S/C22H30N4O3S/c1-3-21(19-9-8-17-6-4-5-7-18(17)14-19)24-22(27)20(15-23)16-25-10-12-26(13-11-25)30(2,28)29/h8-9,14,16,21H,3-7,10-13H2,1-2H3,(H,24,27)/b20-16-. The molecule has 1 fully saturated rings. The minimum Gasteiger partial charge on any atom is -0.373 e. The van der Waals surface area contributed by atoms with Crippen LogP contribution >= 0.6 is 0 Å². The van der Waals surface area contributed by atoms with Crippen LogP contribution in [0.5, 0.6) is 0 Å². The summed E-state index contributed by atoms with van der Waals surface area (Å²) in [5.74, 6) is -0.396. The van der Waals surface area contributed by atoms with Crippen molar-refractivity contribution in [2.75, 3.05) is 32.4 Å². The molecule has 0 radical (unpaired) electrons. The van der Waals surface area contributed by atoms with E-state index in [1.165, 1.54) is 34.5 Å². The zero-order chi connectivity index (χ0) is 21.7. The molecule has 1 N–H and O–H groups in total. The van der Waals surface area contributed by atoms with Crippen LogP contribution in [-0.2, 0) is 27.7 Å². The Labute approximate surface area is 179 Å². The van der Waals surface area contributed by atoms with Crippen molar-refractivity contribution in [2.45, 2.75) is 45.1 Å². The van der Waals surface area contributed by atoms with Gasteiger partial charge in [0, 0.05) is 32.4 Å². The molecule has 1 aliphatic carbocycles. The van der Waals surface area contributed by atoms with Crippen LogP contribution in [0, 0.1) is 11.3 Å². The van der Waals surface area contributed by atoms with Gasteiger partial charge in [0.25, 0.3) is 5.91 Å². The van der Waals surface area contributed by atoms with Gasteiger partial charge in [-0.2, -0.15) is 9.57 Å². The minimum atomic E-state index is -3.21. The van der Waals surface area contributed by atoms with E-state index in [0.29, 0.717) is 26.2 Å². The maximum Gasteiger partial charge on any atom is 0.263 e. The first-order valence-corrected chi connectivity index (χ1v) is 12.4. The molecular formula is C22H30N4O3S. The molecule has 1 atom stereocenters. The molecule has 7 nitrogen and oxygen atoms in total. The number of fused-ring (bicyclic) bond motifs is 1. The van der Waals surface area contributed by atoms with E-state index < -0.39 is 15.9 Å². The zero-order valence-corrected chi connectivity index (χ0v) is 18.5. The van der Waals surface area contributed by atoms with Gasteiger partial charge in [-0.05, 0) is 48.8 Å². The van der Waals surface area contributed by atoms with Gasteiger partial charge in [-0.1, -0.05) is 25.1 Å². The van der Waals surface area contributed by atoms with Crippen LogP contribution in [0.1, 0.15) is 48.9 Å². The van der Waals surface area contributed by atoms with Crippen molar-refractivity contribution in [2.24, 2.45) is 0 Å². The van der Waals surface area contributed by atoms with Crippen LogP contribution in [0.3, 0.4) is 0 Å². The Kier molecular flexibility index (Phi) is 7.16. The number of hydrogen-bond donors (Lipinski definition) is 1. The molecule has 162 valence electrons. The maximum atomic E-state index is 12.8. The molecule has 0 aromatic heterocycles. The van der Waals surface area contributed by atoms with E-state index in [1.807, 2.05) is 17.9 Å². The largest absolute Gasteiger partial charge is 0.373 e. The van der Waals surface area contributed by atoms with Gasteiger partial charge in [0.1, 0.15) is 11.6 Å². The van der Waals surface area contributed by atoms with Crippen molar-refractivity contribution < 1.29 is 13.2 Å². The van der Waals surface area contributed by atoms with E-state index >= 15 is 0 Å². The minimum absolute atomic E-state index is 0.0409. The Balaban J connectivity index is 1.67. The van der Waals surface area contributed by atoms with Gasteiger partial charge in [-0.25, -0.2) is 8.42 Å². The van der Waals surface area contributed by atoms with E-state index in [1.54, 1.807) is 6.20 Å². The average molecular weight is 431 g/mol. The highest BCUT2D eigenvalue weighted by atomic mass is 32.2. The average Bonchev–Trinajstić information content (AvgIpc) is 2.75. The second-order valence-electron chi connectivity index (χ2n) is 8.02. The van der Waals surface area contributed by atoms with Gasteiger partial charge in [0.05, 0.1) is 12.3 Å². The van der Waals surface area contributed by atoms with E-state index in [0.717, 1.165) is 24.8 Å². The molecule has 1 amide bonds. The number of nitriles is 1. The van der Waals surface area contributed by atoms with Crippen molar-refractivity contribution in [3.05, 3.63) is 46.7 Å². The predicted molar refractivity (Wildman–Crippen MR) is 116 cm³/mol.